The number of hydrogen-bond acceptors (Lipinski definition) is 4. The molecule has 0 aromatic carbocycles. The van der Waals surface area contributed by atoms with Gasteiger partial charge < -0.3 is 14.2 Å². The molecule has 0 radical (unpaired) electrons. The number of ether oxygens (including phenoxy) is 3. The lowest BCUT2D eigenvalue weighted by Gasteiger charge is -2.06. The second-order valence-corrected chi connectivity index (χ2v) is 4.20. The molecule has 0 rings (SSSR count). The fourth-order valence-corrected chi connectivity index (χ4v) is 1.16. The van der Waals surface area contributed by atoms with Gasteiger partial charge in [-0.3, -0.25) is 0 Å². The van der Waals surface area contributed by atoms with Gasteiger partial charge in [0.15, 0.2) is 0 Å². The van der Waals surface area contributed by atoms with Crippen LogP contribution in [0.25, 0.3) is 0 Å². The first-order valence-corrected chi connectivity index (χ1v) is 6.66. The molecule has 0 aliphatic carbocycles. The van der Waals surface area contributed by atoms with Gasteiger partial charge in [-0.1, -0.05) is 19.9 Å². The zero-order valence-electron chi connectivity index (χ0n) is 11.7. The van der Waals surface area contributed by atoms with E-state index in [1.165, 1.54) is 6.42 Å². The van der Waals surface area contributed by atoms with Crippen molar-refractivity contribution in [3.05, 3.63) is 12.2 Å². The summed E-state index contributed by atoms with van der Waals surface area (Å²) in [7, 11) is 0. The molecule has 0 spiro atoms. The van der Waals surface area contributed by atoms with Crippen LogP contribution in [0.2, 0.25) is 0 Å². The highest BCUT2D eigenvalue weighted by molar-refractivity contribution is 5.86. The summed E-state index contributed by atoms with van der Waals surface area (Å²) in [6.07, 6.45) is 3.92. The highest BCUT2D eigenvalue weighted by Crippen LogP contribution is 1.95. The minimum atomic E-state index is -0.334. The first-order valence-electron chi connectivity index (χ1n) is 6.66. The molecule has 0 N–H and O–H groups in total. The summed E-state index contributed by atoms with van der Waals surface area (Å²) in [5.41, 5.74) is 0.431. The van der Waals surface area contributed by atoms with Crippen molar-refractivity contribution < 1.29 is 19.0 Å². The maximum atomic E-state index is 11.0. The molecule has 0 unspecified atom stereocenters. The third-order valence-corrected chi connectivity index (χ3v) is 2.23. The van der Waals surface area contributed by atoms with E-state index in [-0.39, 0.29) is 5.97 Å². The minimum Gasteiger partial charge on any atom is -0.462 e. The third kappa shape index (κ3) is 11.6. The Morgan fingerprint density at radius 3 is 1.94 bits per heavy atom. The van der Waals surface area contributed by atoms with E-state index in [9.17, 15) is 4.79 Å². The van der Waals surface area contributed by atoms with Gasteiger partial charge in [0.2, 0.25) is 0 Å². The van der Waals surface area contributed by atoms with E-state index in [0.717, 1.165) is 32.5 Å². The Morgan fingerprint density at radius 2 is 1.44 bits per heavy atom. The maximum Gasteiger partial charge on any atom is 0.333 e. The molecule has 0 aliphatic heterocycles. The van der Waals surface area contributed by atoms with Crippen LogP contribution in [0.1, 0.15) is 39.5 Å². The largest absolute Gasteiger partial charge is 0.462 e. The number of unbranched alkanes of at least 4 members (excludes halogenated alkanes) is 1. The van der Waals surface area contributed by atoms with E-state index in [2.05, 4.69) is 13.5 Å². The highest BCUT2D eigenvalue weighted by Gasteiger charge is 2.01. The summed E-state index contributed by atoms with van der Waals surface area (Å²) >= 11 is 0. The fourth-order valence-electron chi connectivity index (χ4n) is 1.16. The van der Waals surface area contributed by atoms with Crippen molar-refractivity contribution in [2.45, 2.75) is 39.5 Å². The van der Waals surface area contributed by atoms with Crippen LogP contribution in [-0.4, -0.2) is 39.0 Å². The molecule has 106 valence electrons. The van der Waals surface area contributed by atoms with E-state index < -0.39 is 0 Å². The lowest BCUT2D eigenvalue weighted by atomic mass is 10.4. The molecule has 0 heterocycles. The van der Waals surface area contributed by atoms with Crippen LogP contribution in [0.4, 0.5) is 0 Å². The van der Waals surface area contributed by atoms with Crippen LogP contribution in [0, 0.1) is 0 Å². The monoisotopic (exact) mass is 258 g/mol. The molecule has 0 fully saturated rings. The lowest BCUT2D eigenvalue weighted by molar-refractivity contribution is -0.139. The van der Waals surface area contributed by atoms with Gasteiger partial charge in [0.1, 0.15) is 0 Å². The second kappa shape index (κ2) is 12.6. The van der Waals surface area contributed by atoms with Gasteiger partial charge >= 0.3 is 5.97 Å². The number of hydrogen-bond donors (Lipinski definition) is 0. The zero-order valence-corrected chi connectivity index (χ0v) is 11.7. The zero-order chi connectivity index (χ0) is 13.6. The standard InChI is InChI=1S/C14H26O4/c1-4-5-8-16-9-6-10-17-11-7-12-18-14(15)13(2)3/h2,4-12H2,1,3H3. The van der Waals surface area contributed by atoms with Crippen LogP contribution in [0.3, 0.4) is 0 Å². The Labute approximate surface area is 110 Å². The molecule has 4 heteroatoms. The quantitative estimate of drug-likeness (QED) is 0.307. The van der Waals surface area contributed by atoms with Gasteiger partial charge in [0.25, 0.3) is 0 Å². The molecule has 18 heavy (non-hydrogen) atoms. The predicted octanol–water partition coefficient (Wildman–Crippen LogP) is 2.72. The normalized spacial score (nSPS) is 10.3. The van der Waals surface area contributed by atoms with Gasteiger partial charge in [0, 0.05) is 38.4 Å². The summed E-state index contributed by atoms with van der Waals surface area (Å²) in [5.74, 6) is -0.334. The molecule has 0 bridgehead atoms. The Kier molecular flexibility index (Phi) is 12.0. The summed E-state index contributed by atoms with van der Waals surface area (Å²) in [5, 5.41) is 0. The summed E-state index contributed by atoms with van der Waals surface area (Å²) < 4.78 is 15.7. The molecular formula is C14H26O4. The molecule has 0 aromatic rings. The Hall–Kier alpha value is -0.870. The summed E-state index contributed by atoms with van der Waals surface area (Å²) in [6.45, 7) is 10.6. The van der Waals surface area contributed by atoms with E-state index in [1.807, 2.05) is 0 Å². The molecule has 0 saturated heterocycles. The number of rotatable bonds is 12. The Morgan fingerprint density at radius 1 is 0.944 bits per heavy atom. The smallest absolute Gasteiger partial charge is 0.333 e. The first kappa shape index (κ1) is 17.1. The SMILES string of the molecule is C=C(C)C(=O)OCCCOCCCOCCCC. The van der Waals surface area contributed by atoms with Crippen LogP contribution in [-0.2, 0) is 19.0 Å². The summed E-state index contributed by atoms with van der Waals surface area (Å²) in [6, 6.07) is 0. The summed E-state index contributed by atoms with van der Waals surface area (Å²) in [4.78, 5) is 11.0. The predicted molar refractivity (Wildman–Crippen MR) is 71.6 cm³/mol. The molecule has 4 nitrogen and oxygen atoms in total. The molecule has 0 aliphatic rings. The fraction of sp³-hybridized carbons (Fsp3) is 0.786. The van der Waals surface area contributed by atoms with Crippen molar-refractivity contribution in [1.29, 1.82) is 0 Å². The van der Waals surface area contributed by atoms with E-state index >= 15 is 0 Å². The highest BCUT2D eigenvalue weighted by atomic mass is 16.5. The maximum absolute atomic E-state index is 11.0. The number of carbonyl (C=O) groups excluding carboxylic acids is 1. The molecule has 0 amide bonds. The van der Waals surface area contributed by atoms with E-state index in [0.29, 0.717) is 25.4 Å². The minimum absolute atomic E-state index is 0.334. The van der Waals surface area contributed by atoms with Crippen LogP contribution < -0.4 is 0 Å². The van der Waals surface area contributed by atoms with Crippen molar-refractivity contribution >= 4 is 5.97 Å². The van der Waals surface area contributed by atoms with Crippen molar-refractivity contribution in [3.63, 3.8) is 0 Å². The van der Waals surface area contributed by atoms with Crippen molar-refractivity contribution in [3.8, 4) is 0 Å². The number of esters is 1. The van der Waals surface area contributed by atoms with Crippen molar-refractivity contribution in [2.24, 2.45) is 0 Å². The molecular weight excluding hydrogens is 232 g/mol. The second-order valence-electron chi connectivity index (χ2n) is 4.20. The first-order chi connectivity index (χ1) is 8.68. The van der Waals surface area contributed by atoms with Crippen LogP contribution in [0.5, 0.6) is 0 Å². The van der Waals surface area contributed by atoms with Gasteiger partial charge in [-0.2, -0.15) is 0 Å². The molecule has 0 aromatic heterocycles. The third-order valence-electron chi connectivity index (χ3n) is 2.23. The average molecular weight is 258 g/mol. The Balaban J connectivity index is 3.07. The van der Waals surface area contributed by atoms with Crippen LogP contribution >= 0.6 is 0 Å². The molecule has 0 saturated carbocycles. The van der Waals surface area contributed by atoms with Gasteiger partial charge in [-0.05, 0) is 19.8 Å². The van der Waals surface area contributed by atoms with E-state index in [4.69, 9.17) is 14.2 Å². The van der Waals surface area contributed by atoms with Gasteiger partial charge in [0.05, 0.1) is 6.61 Å². The van der Waals surface area contributed by atoms with E-state index in [1.54, 1.807) is 6.92 Å². The topological polar surface area (TPSA) is 44.8 Å². The van der Waals surface area contributed by atoms with Crippen LogP contribution in [0.15, 0.2) is 12.2 Å². The van der Waals surface area contributed by atoms with Crippen molar-refractivity contribution in [1.82, 2.24) is 0 Å². The average Bonchev–Trinajstić information content (AvgIpc) is 2.35. The number of carbonyl (C=O) groups is 1. The van der Waals surface area contributed by atoms with Gasteiger partial charge in [-0.25, -0.2) is 4.79 Å². The van der Waals surface area contributed by atoms with Crippen molar-refractivity contribution in [2.75, 3.05) is 33.0 Å². The Bertz CT molecular complexity index is 226. The molecule has 0 atom stereocenters. The van der Waals surface area contributed by atoms with Gasteiger partial charge in [-0.15, -0.1) is 0 Å². The lowest BCUT2D eigenvalue weighted by Crippen LogP contribution is -2.09.